The van der Waals surface area contributed by atoms with E-state index in [0.717, 1.165) is 24.1 Å². The number of hydrogen-bond acceptors (Lipinski definition) is 4. The standard InChI is InChI=1S/C17H24N4/c18-16-20-15(13-8-4-3-5-9-13)12-17(19,21-16)14-10-6-1-2-7-11-14/h3-5,8-9,12,14H,1-2,6-7,10-11,19H2,(H3,18,20,21). The number of guanidine groups is 1. The summed E-state index contributed by atoms with van der Waals surface area (Å²) in [6.45, 7) is 0. The van der Waals surface area contributed by atoms with Gasteiger partial charge in [0.1, 0.15) is 5.66 Å². The van der Waals surface area contributed by atoms with E-state index in [1.54, 1.807) is 0 Å². The van der Waals surface area contributed by atoms with Crippen molar-refractivity contribution in [1.29, 1.82) is 0 Å². The molecular weight excluding hydrogens is 260 g/mol. The Morgan fingerprint density at radius 3 is 2.38 bits per heavy atom. The van der Waals surface area contributed by atoms with Crippen molar-refractivity contribution in [2.75, 3.05) is 0 Å². The molecule has 2 aliphatic rings. The second-order valence-electron chi connectivity index (χ2n) is 6.12. The van der Waals surface area contributed by atoms with E-state index in [1.807, 2.05) is 18.2 Å². The van der Waals surface area contributed by atoms with Gasteiger partial charge < -0.3 is 16.8 Å². The highest BCUT2D eigenvalue weighted by Gasteiger charge is 2.36. The van der Waals surface area contributed by atoms with Crippen molar-refractivity contribution in [3.05, 3.63) is 42.0 Å². The first-order valence-corrected chi connectivity index (χ1v) is 7.87. The number of aliphatic imine (C=N–C) groups is 1. The van der Waals surface area contributed by atoms with Crippen LogP contribution in [0.4, 0.5) is 0 Å². The molecular formula is C17H24N4. The van der Waals surface area contributed by atoms with Crippen LogP contribution in [0.1, 0.15) is 44.1 Å². The average Bonchev–Trinajstić information content (AvgIpc) is 2.77. The van der Waals surface area contributed by atoms with Crippen LogP contribution in [0.5, 0.6) is 0 Å². The third kappa shape index (κ3) is 3.10. The molecule has 21 heavy (non-hydrogen) atoms. The zero-order valence-electron chi connectivity index (χ0n) is 12.4. The van der Waals surface area contributed by atoms with E-state index in [2.05, 4.69) is 28.5 Å². The average molecular weight is 284 g/mol. The Morgan fingerprint density at radius 2 is 1.71 bits per heavy atom. The smallest absolute Gasteiger partial charge is 0.195 e. The molecule has 0 spiro atoms. The molecule has 0 amide bonds. The van der Waals surface area contributed by atoms with E-state index in [4.69, 9.17) is 11.5 Å². The molecule has 1 unspecified atom stereocenters. The maximum absolute atomic E-state index is 6.64. The second kappa shape index (κ2) is 5.90. The molecule has 1 fully saturated rings. The summed E-state index contributed by atoms with van der Waals surface area (Å²) < 4.78 is 0. The Bertz CT molecular complexity index is 541. The van der Waals surface area contributed by atoms with Crippen LogP contribution in [0.25, 0.3) is 5.70 Å². The minimum atomic E-state index is -0.676. The molecule has 1 aliphatic heterocycles. The Kier molecular flexibility index (Phi) is 3.97. The Balaban J connectivity index is 1.92. The van der Waals surface area contributed by atoms with Crippen molar-refractivity contribution in [2.45, 2.75) is 44.2 Å². The number of benzene rings is 1. The van der Waals surface area contributed by atoms with Crippen LogP contribution in [0, 0.1) is 5.92 Å². The Morgan fingerprint density at radius 1 is 1.05 bits per heavy atom. The van der Waals surface area contributed by atoms with Gasteiger partial charge in [-0.2, -0.15) is 0 Å². The minimum absolute atomic E-state index is 0.374. The molecule has 0 bridgehead atoms. The lowest BCUT2D eigenvalue weighted by atomic mass is 9.85. The van der Waals surface area contributed by atoms with E-state index in [0.29, 0.717) is 11.9 Å². The Hall–Kier alpha value is -1.81. The third-order valence-electron chi connectivity index (χ3n) is 4.55. The van der Waals surface area contributed by atoms with E-state index < -0.39 is 5.66 Å². The van der Waals surface area contributed by atoms with Gasteiger partial charge in [-0.3, -0.25) is 0 Å². The van der Waals surface area contributed by atoms with Gasteiger partial charge in [-0.1, -0.05) is 56.0 Å². The number of nitrogens with zero attached hydrogens (tertiary/aromatic N) is 1. The van der Waals surface area contributed by atoms with Gasteiger partial charge in [0.25, 0.3) is 0 Å². The van der Waals surface area contributed by atoms with Gasteiger partial charge in [0.05, 0.1) is 0 Å². The normalized spacial score (nSPS) is 27.3. The fourth-order valence-corrected chi connectivity index (χ4v) is 3.40. The van der Waals surface area contributed by atoms with E-state index >= 15 is 0 Å². The number of rotatable bonds is 2. The molecule has 4 nitrogen and oxygen atoms in total. The van der Waals surface area contributed by atoms with Crippen LogP contribution < -0.4 is 16.8 Å². The summed E-state index contributed by atoms with van der Waals surface area (Å²) in [6.07, 6.45) is 9.41. The molecule has 0 aromatic heterocycles. The van der Waals surface area contributed by atoms with Crippen LogP contribution in [-0.4, -0.2) is 11.6 Å². The lowest BCUT2D eigenvalue weighted by molar-refractivity contribution is 0.306. The lowest BCUT2D eigenvalue weighted by Gasteiger charge is -2.35. The highest BCUT2D eigenvalue weighted by atomic mass is 15.2. The molecule has 1 heterocycles. The topological polar surface area (TPSA) is 76.4 Å². The highest BCUT2D eigenvalue weighted by Crippen LogP contribution is 2.34. The van der Waals surface area contributed by atoms with Crippen molar-refractivity contribution >= 4 is 11.7 Å². The summed E-state index contributed by atoms with van der Waals surface area (Å²) in [5.74, 6) is 0.794. The summed E-state index contributed by atoms with van der Waals surface area (Å²) >= 11 is 0. The van der Waals surface area contributed by atoms with Crippen LogP contribution in [-0.2, 0) is 0 Å². The molecule has 1 atom stereocenters. The number of hydrogen-bond donors (Lipinski definition) is 3. The highest BCUT2D eigenvalue weighted by molar-refractivity contribution is 5.90. The van der Waals surface area contributed by atoms with Crippen molar-refractivity contribution in [3.8, 4) is 0 Å². The Labute approximate surface area is 126 Å². The van der Waals surface area contributed by atoms with Crippen molar-refractivity contribution in [3.63, 3.8) is 0 Å². The fourth-order valence-electron chi connectivity index (χ4n) is 3.40. The summed E-state index contributed by atoms with van der Waals surface area (Å²) in [7, 11) is 0. The zero-order valence-corrected chi connectivity index (χ0v) is 12.4. The largest absolute Gasteiger partial charge is 0.370 e. The van der Waals surface area contributed by atoms with E-state index in [1.165, 1.54) is 25.7 Å². The lowest BCUT2D eigenvalue weighted by Crippen LogP contribution is -2.50. The zero-order chi connectivity index (χ0) is 14.7. The van der Waals surface area contributed by atoms with Crippen LogP contribution in [0.3, 0.4) is 0 Å². The van der Waals surface area contributed by atoms with Gasteiger partial charge in [-0.25, -0.2) is 4.99 Å². The monoisotopic (exact) mass is 284 g/mol. The molecule has 4 heteroatoms. The van der Waals surface area contributed by atoms with Gasteiger partial charge in [-0.05, 0) is 24.5 Å². The molecule has 3 rings (SSSR count). The first kappa shape index (κ1) is 14.1. The molecule has 5 N–H and O–H groups in total. The van der Waals surface area contributed by atoms with Crippen molar-refractivity contribution < 1.29 is 0 Å². The predicted molar refractivity (Wildman–Crippen MR) is 87.3 cm³/mol. The minimum Gasteiger partial charge on any atom is -0.370 e. The van der Waals surface area contributed by atoms with Crippen molar-refractivity contribution in [1.82, 2.24) is 5.32 Å². The molecule has 1 saturated carbocycles. The summed E-state index contributed by atoms with van der Waals surface area (Å²) in [4.78, 5) is 4.54. The van der Waals surface area contributed by atoms with E-state index in [-0.39, 0.29) is 0 Å². The van der Waals surface area contributed by atoms with Crippen LogP contribution >= 0.6 is 0 Å². The first-order chi connectivity index (χ1) is 10.2. The number of nitrogens with one attached hydrogen (secondary N) is 1. The first-order valence-electron chi connectivity index (χ1n) is 7.87. The van der Waals surface area contributed by atoms with Crippen molar-refractivity contribution in [2.24, 2.45) is 22.4 Å². The summed E-state index contributed by atoms with van der Waals surface area (Å²) in [5, 5.41) is 3.15. The van der Waals surface area contributed by atoms with Crippen LogP contribution in [0.2, 0.25) is 0 Å². The molecule has 1 aromatic carbocycles. The number of nitrogens with two attached hydrogens (primary N) is 2. The van der Waals surface area contributed by atoms with Gasteiger partial charge in [0.2, 0.25) is 0 Å². The summed E-state index contributed by atoms with van der Waals surface area (Å²) in [5.41, 5.74) is 14.0. The maximum atomic E-state index is 6.64. The molecule has 0 saturated heterocycles. The van der Waals surface area contributed by atoms with Gasteiger partial charge in [0, 0.05) is 11.6 Å². The van der Waals surface area contributed by atoms with Gasteiger partial charge in [0.15, 0.2) is 5.96 Å². The SMILES string of the molecule is NC1=NC(N)(C2CCCCCC2)C=C(c2ccccc2)N1. The van der Waals surface area contributed by atoms with E-state index in [9.17, 15) is 0 Å². The van der Waals surface area contributed by atoms with Gasteiger partial charge in [-0.15, -0.1) is 0 Å². The third-order valence-corrected chi connectivity index (χ3v) is 4.55. The van der Waals surface area contributed by atoms with Crippen LogP contribution in [0.15, 0.2) is 41.4 Å². The van der Waals surface area contributed by atoms with Gasteiger partial charge >= 0.3 is 0 Å². The quantitative estimate of drug-likeness (QED) is 0.731. The predicted octanol–water partition coefficient (Wildman–Crippen LogP) is 2.57. The molecule has 0 radical (unpaired) electrons. The maximum Gasteiger partial charge on any atom is 0.195 e. The summed E-state index contributed by atoms with van der Waals surface area (Å²) in [6, 6.07) is 10.2. The molecule has 112 valence electrons. The molecule has 1 aliphatic carbocycles. The molecule has 1 aromatic rings. The second-order valence-corrected chi connectivity index (χ2v) is 6.12. The fraction of sp³-hybridized carbons (Fsp3) is 0.471.